The van der Waals surface area contributed by atoms with Crippen molar-refractivity contribution < 1.29 is 23.9 Å². The number of amides is 1. The molecule has 1 aliphatic rings. The molecular formula is C11H19NO5. The summed E-state index contributed by atoms with van der Waals surface area (Å²) < 4.78 is 10.0. The number of carbonyl (C=O) groups excluding carboxylic acids is 2. The number of nitrogens with zero attached hydrogens (tertiary/aromatic N) is 1. The predicted molar refractivity (Wildman–Crippen MR) is 59.1 cm³/mol. The number of carbonyl (C=O) groups is 2. The number of ether oxygens (including phenoxy) is 2. The third-order valence-electron chi connectivity index (χ3n) is 2.04. The van der Waals surface area contributed by atoms with E-state index in [4.69, 9.17) is 14.3 Å². The predicted octanol–water partition coefficient (Wildman–Crippen LogP) is 1.49. The lowest BCUT2D eigenvalue weighted by Gasteiger charge is -2.25. The molecule has 0 bridgehead atoms. The number of rotatable bonds is 2. The van der Waals surface area contributed by atoms with Gasteiger partial charge in [0.05, 0.1) is 13.2 Å². The zero-order chi connectivity index (χ0) is 13.1. The zero-order valence-corrected chi connectivity index (χ0v) is 10.7. The summed E-state index contributed by atoms with van der Waals surface area (Å²) in [4.78, 5) is 28.4. The molecule has 1 heterocycles. The maximum absolute atomic E-state index is 11.8. The van der Waals surface area contributed by atoms with Crippen LogP contribution in [0.3, 0.4) is 0 Å². The molecule has 6 nitrogen and oxygen atoms in total. The van der Waals surface area contributed by atoms with E-state index in [2.05, 4.69) is 0 Å². The average molecular weight is 245 g/mol. The molecule has 98 valence electrons. The second-order valence-corrected chi connectivity index (χ2v) is 4.70. The standard InChI is InChI=1S/C11H19NO5/c1-5-15-9(13)8-6-7-16-12(8)10(14)17-11(2,3)4/h8H,5-7H2,1-4H3/t8-/m0/s1. The van der Waals surface area contributed by atoms with Crippen LogP contribution in [0, 0.1) is 0 Å². The SMILES string of the molecule is CCOC(=O)[C@@H]1CCON1C(=O)OC(C)(C)C. The highest BCUT2D eigenvalue weighted by Gasteiger charge is 2.39. The van der Waals surface area contributed by atoms with Crippen LogP contribution in [0.2, 0.25) is 0 Å². The summed E-state index contributed by atoms with van der Waals surface area (Å²) in [5.41, 5.74) is -0.623. The Hall–Kier alpha value is -1.30. The molecule has 1 saturated heterocycles. The first-order valence-corrected chi connectivity index (χ1v) is 5.67. The molecular weight excluding hydrogens is 226 g/mol. The van der Waals surface area contributed by atoms with E-state index in [1.165, 1.54) is 0 Å². The van der Waals surface area contributed by atoms with Gasteiger partial charge in [0.25, 0.3) is 0 Å². The summed E-state index contributed by atoms with van der Waals surface area (Å²) in [7, 11) is 0. The molecule has 1 rings (SSSR count). The van der Waals surface area contributed by atoms with Gasteiger partial charge in [-0.1, -0.05) is 0 Å². The van der Waals surface area contributed by atoms with Crippen molar-refractivity contribution in [3.63, 3.8) is 0 Å². The molecule has 0 aromatic carbocycles. The monoisotopic (exact) mass is 245 g/mol. The molecule has 1 atom stereocenters. The number of hydroxylamine groups is 2. The number of esters is 1. The van der Waals surface area contributed by atoms with E-state index in [9.17, 15) is 9.59 Å². The van der Waals surface area contributed by atoms with Gasteiger partial charge < -0.3 is 9.47 Å². The molecule has 0 N–H and O–H groups in total. The van der Waals surface area contributed by atoms with E-state index >= 15 is 0 Å². The first-order chi connectivity index (χ1) is 7.85. The Morgan fingerprint density at radius 2 is 2.06 bits per heavy atom. The Morgan fingerprint density at radius 1 is 1.41 bits per heavy atom. The Labute approximate surface area is 101 Å². The van der Waals surface area contributed by atoms with E-state index in [0.717, 1.165) is 5.06 Å². The van der Waals surface area contributed by atoms with Crippen LogP contribution in [0.15, 0.2) is 0 Å². The normalized spacial score (nSPS) is 20.2. The average Bonchev–Trinajstić information content (AvgIpc) is 2.63. The van der Waals surface area contributed by atoms with Crippen molar-refractivity contribution in [1.82, 2.24) is 5.06 Å². The van der Waals surface area contributed by atoms with E-state index in [0.29, 0.717) is 13.0 Å². The van der Waals surface area contributed by atoms with Gasteiger partial charge in [-0.15, -0.1) is 0 Å². The van der Waals surface area contributed by atoms with Gasteiger partial charge in [0.1, 0.15) is 5.60 Å². The first kappa shape index (κ1) is 13.8. The van der Waals surface area contributed by atoms with Gasteiger partial charge in [0, 0.05) is 6.42 Å². The van der Waals surface area contributed by atoms with Crippen LogP contribution in [-0.4, -0.2) is 42.0 Å². The molecule has 0 unspecified atom stereocenters. The fourth-order valence-corrected chi connectivity index (χ4v) is 1.41. The topological polar surface area (TPSA) is 65.1 Å². The van der Waals surface area contributed by atoms with Crippen LogP contribution in [0.25, 0.3) is 0 Å². The maximum Gasteiger partial charge on any atom is 0.435 e. The third kappa shape index (κ3) is 3.89. The highest BCUT2D eigenvalue weighted by molar-refractivity contribution is 5.81. The van der Waals surface area contributed by atoms with Gasteiger partial charge in [-0.25, -0.2) is 9.59 Å². The Morgan fingerprint density at radius 3 is 2.59 bits per heavy atom. The molecule has 1 amide bonds. The molecule has 0 spiro atoms. The highest BCUT2D eigenvalue weighted by Crippen LogP contribution is 2.20. The number of hydrogen-bond donors (Lipinski definition) is 0. The molecule has 1 aliphatic heterocycles. The molecule has 0 aromatic rings. The van der Waals surface area contributed by atoms with Crippen LogP contribution in [0.5, 0.6) is 0 Å². The van der Waals surface area contributed by atoms with Gasteiger partial charge in [-0.3, -0.25) is 4.84 Å². The highest BCUT2D eigenvalue weighted by atomic mass is 16.7. The molecule has 0 aliphatic carbocycles. The van der Waals surface area contributed by atoms with E-state index < -0.39 is 23.7 Å². The van der Waals surface area contributed by atoms with Crippen molar-refractivity contribution in [3.05, 3.63) is 0 Å². The third-order valence-corrected chi connectivity index (χ3v) is 2.04. The van der Waals surface area contributed by atoms with E-state index in [1.54, 1.807) is 27.7 Å². The van der Waals surface area contributed by atoms with Crippen molar-refractivity contribution in [1.29, 1.82) is 0 Å². The van der Waals surface area contributed by atoms with Gasteiger partial charge in [-0.05, 0) is 27.7 Å². The molecule has 0 radical (unpaired) electrons. The smallest absolute Gasteiger partial charge is 0.435 e. The van der Waals surface area contributed by atoms with Crippen molar-refractivity contribution in [3.8, 4) is 0 Å². The van der Waals surface area contributed by atoms with Gasteiger partial charge in [-0.2, -0.15) is 5.06 Å². The molecule has 6 heteroatoms. The quantitative estimate of drug-likeness (QED) is 0.690. The lowest BCUT2D eigenvalue weighted by Crippen LogP contribution is -2.43. The fourth-order valence-electron chi connectivity index (χ4n) is 1.41. The van der Waals surface area contributed by atoms with Crippen LogP contribution >= 0.6 is 0 Å². The van der Waals surface area contributed by atoms with Gasteiger partial charge in [0.2, 0.25) is 0 Å². The minimum atomic E-state index is -0.704. The van der Waals surface area contributed by atoms with E-state index in [1.807, 2.05) is 0 Å². The van der Waals surface area contributed by atoms with Crippen molar-refractivity contribution in [2.75, 3.05) is 13.2 Å². The Bertz CT molecular complexity index is 297. The van der Waals surface area contributed by atoms with Crippen molar-refractivity contribution in [2.45, 2.75) is 45.8 Å². The van der Waals surface area contributed by atoms with Crippen LogP contribution in [-0.2, 0) is 19.1 Å². The second-order valence-electron chi connectivity index (χ2n) is 4.70. The van der Waals surface area contributed by atoms with E-state index in [-0.39, 0.29) is 6.61 Å². The first-order valence-electron chi connectivity index (χ1n) is 5.67. The summed E-state index contributed by atoms with van der Waals surface area (Å²) in [6.07, 6.45) is -0.231. The molecule has 17 heavy (non-hydrogen) atoms. The summed E-state index contributed by atoms with van der Waals surface area (Å²) >= 11 is 0. The summed E-state index contributed by atoms with van der Waals surface area (Å²) in [6, 6.07) is -0.704. The summed E-state index contributed by atoms with van der Waals surface area (Å²) in [6.45, 7) is 7.55. The zero-order valence-electron chi connectivity index (χ0n) is 10.7. The van der Waals surface area contributed by atoms with Crippen LogP contribution < -0.4 is 0 Å². The molecule has 1 fully saturated rings. The van der Waals surface area contributed by atoms with Crippen molar-refractivity contribution in [2.24, 2.45) is 0 Å². The van der Waals surface area contributed by atoms with Crippen LogP contribution in [0.1, 0.15) is 34.1 Å². The minimum absolute atomic E-state index is 0.275. The van der Waals surface area contributed by atoms with Crippen LogP contribution in [0.4, 0.5) is 4.79 Å². The molecule has 0 aromatic heterocycles. The second kappa shape index (κ2) is 5.35. The number of hydrogen-bond acceptors (Lipinski definition) is 5. The largest absolute Gasteiger partial charge is 0.464 e. The fraction of sp³-hybridized carbons (Fsp3) is 0.818. The summed E-state index contributed by atoms with van der Waals surface area (Å²) in [5.74, 6) is -0.462. The van der Waals surface area contributed by atoms with Crippen molar-refractivity contribution >= 4 is 12.1 Å². The Balaban J connectivity index is 2.63. The summed E-state index contributed by atoms with van der Waals surface area (Å²) in [5, 5.41) is 0.962. The lowest BCUT2D eigenvalue weighted by atomic mass is 10.2. The van der Waals surface area contributed by atoms with Gasteiger partial charge in [0.15, 0.2) is 6.04 Å². The van der Waals surface area contributed by atoms with Gasteiger partial charge >= 0.3 is 12.1 Å². The maximum atomic E-state index is 11.8. The minimum Gasteiger partial charge on any atom is -0.464 e. The lowest BCUT2D eigenvalue weighted by molar-refractivity contribution is -0.165. The molecule has 0 saturated carbocycles. The Kier molecular flexibility index (Phi) is 4.34.